The van der Waals surface area contributed by atoms with Gasteiger partial charge in [-0.05, 0) is 73.5 Å². The van der Waals surface area contributed by atoms with Crippen LogP contribution in [0.4, 0.5) is 0 Å². The fourth-order valence-corrected chi connectivity index (χ4v) is 5.18. The SMILES string of the molecule is Cc1ccc(-n2c(C)cc(/C=C3/C(=N)N4N=C(Cc5ccccc5)SC4=NC3=O)c2C)cc1Cl. The molecule has 0 bridgehead atoms. The Bertz CT molecular complexity index is 1430. The minimum Gasteiger partial charge on any atom is -0.318 e. The minimum absolute atomic E-state index is 0.0359. The summed E-state index contributed by atoms with van der Waals surface area (Å²) in [5, 5.41) is 16.6. The lowest BCUT2D eigenvalue weighted by Crippen LogP contribution is -2.35. The fraction of sp³-hybridized carbons (Fsp3) is 0.154. The van der Waals surface area contributed by atoms with Crippen LogP contribution in [0.1, 0.15) is 28.1 Å². The van der Waals surface area contributed by atoms with E-state index in [2.05, 4.69) is 14.7 Å². The van der Waals surface area contributed by atoms with E-state index < -0.39 is 5.91 Å². The van der Waals surface area contributed by atoms with E-state index in [1.54, 1.807) is 6.08 Å². The highest BCUT2D eigenvalue weighted by molar-refractivity contribution is 8.26. The van der Waals surface area contributed by atoms with Gasteiger partial charge in [-0.15, -0.1) is 0 Å². The fourth-order valence-electron chi connectivity index (χ4n) is 4.08. The third-order valence-electron chi connectivity index (χ3n) is 5.88. The van der Waals surface area contributed by atoms with Gasteiger partial charge in [-0.1, -0.05) is 48.0 Å². The van der Waals surface area contributed by atoms with Crippen LogP contribution in [0.15, 0.2) is 70.3 Å². The number of aromatic nitrogens is 1. The highest BCUT2D eigenvalue weighted by Gasteiger charge is 2.35. The Kier molecular flexibility index (Phi) is 5.75. The molecule has 0 saturated carbocycles. The smallest absolute Gasteiger partial charge is 0.283 e. The monoisotopic (exact) mass is 487 g/mol. The van der Waals surface area contributed by atoms with Crippen molar-refractivity contribution in [2.24, 2.45) is 10.1 Å². The van der Waals surface area contributed by atoms with Crippen LogP contribution in [0.2, 0.25) is 5.02 Å². The van der Waals surface area contributed by atoms with Gasteiger partial charge in [0.2, 0.25) is 5.17 Å². The van der Waals surface area contributed by atoms with Gasteiger partial charge in [0.25, 0.3) is 5.91 Å². The molecule has 1 N–H and O–H groups in total. The molecular weight excluding hydrogens is 466 g/mol. The first kappa shape index (κ1) is 22.4. The van der Waals surface area contributed by atoms with Crippen LogP contribution in [0.5, 0.6) is 0 Å². The molecule has 0 atom stereocenters. The molecule has 3 heterocycles. The average molecular weight is 488 g/mol. The number of carbonyl (C=O) groups excluding carboxylic acids is 1. The number of aliphatic imine (C=N–C) groups is 1. The van der Waals surface area contributed by atoms with E-state index in [-0.39, 0.29) is 11.4 Å². The maximum atomic E-state index is 12.9. The maximum Gasteiger partial charge on any atom is 0.283 e. The van der Waals surface area contributed by atoms with Crippen LogP contribution in [-0.4, -0.2) is 31.5 Å². The van der Waals surface area contributed by atoms with Crippen molar-refractivity contribution in [3.05, 3.63) is 93.3 Å². The predicted molar refractivity (Wildman–Crippen MR) is 140 cm³/mol. The number of thioether (sulfide) groups is 1. The first-order chi connectivity index (χ1) is 16.3. The largest absolute Gasteiger partial charge is 0.318 e. The van der Waals surface area contributed by atoms with E-state index in [0.29, 0.717) is 16.6 Å². The molecule has 2 aliphatic rings. The predicted octanol–water partition coefficient (Wildman–Crippen LogP) is 5.92. The van der Waals surface area contributed by atoms with Gasteiger partial charge in [0.15, 0.2) is 5.84 Å². The molecule has 6 nitrogen and oxygen atoms in total. The lowest BCUT2D eigenvalue weighted by Gasteiger charge is -2.20. The van der Waals surface area contributed by atoms with Crippen molar-refractivity contribution in [1.82, 2.24) is 9.58 Å². The summed E-state index contributed by atoms with van der Waals surface area (Å²) in [5.41, 5.74) is 6.10. The molecule has 8 heteroatoms. The first-order valence-electron chi connectivity index (χ1n) is 10.8. The Morgan fingerprint density at radius 1 is 1.09 bits per heavy atom. The van der Waals surface area contributed by atoms with E-state index in [0.717, 1.165) is 38.8 Å². The summed E-state index contributed by atoms with van der Waals surface area (Å²) < 4.78 is 2.09. The van der Waals surface area contributed by atoms with Gasteiger partial charge in [0.1, 0.15) is 5.04 Å². The second-order valence-electron chi connectivity index (χ2n) is 8.27. The number of benzene rings is 2. The Labute approximate surface area is 207 Å². The van der Waals surface area contributed by atoms with Gasteiger partial charge < -0.3 is 4.57 Å². The van der Waals surface area contributed by atoms with Crippen molar-refractivity contribution in [3.8, 4) is 5.69 Å². The summed E-state index contributed by atoms with van der Waals surface area (Å²) in [4.78, 5) is 17.1. The number of nitrogens with zero attached hydrogens (tertiary/aromatic N) is 4. The van der Waals surface area contributed by atoms with Gasteiger partial charge in [-0.2, -0.15) is 15.1 Å². The Morgan fingerprint density at radius 3 is 2.59 bits per heavy atom. The second kappa shape index (κ2) is 8.74. The minimum atomic E-state index is -0.428. The maximum absolute atomic E-state index is 12.9. The van der Waals surface area contributed by atoms with Crippen LogP contribution in [0.25, 0.3) is 11.8 Å². The molecule has 170 valence electrons. The van der Waals surface area contributed by atoms with Gasteiger partial charge in [0, 0.05) is 28.5 Å². The molecule has 0 radical (unpaired) electrons. The summed E-state index contributed by atoms with van der Waals surface area (Å²) in [6.07, 6.45) is 2.36. The average Bonchev–Trinajstić information content (AvgIpc) is 3.33. The third-order valence-corrected chi connectivity index (χ3v) is 7.19. The van der Waals surface area contributed by atoms with Crippen LogP contribution in [-0.2, 0) is 11.2 Å². The van der Waals surface area contributed by atoms with Crippen molar-refractivity contribution in [2.45, 2.75) is 27.2 Å². The van der Waals surface area contributed by atoms with Crippen molar-refractivity contribution in [3.63, 3.8) is 0 Å². The van der Waals surface area contributed by atoms with E-state index in [4.69, 9.17) is 17.0 Å². The van der Waals surface area contributed by atoms with Crippen LogP contribution in [0, 0.1) is 26.2 Å². The summed E-state index contributed by atoms with van der Waals surface area (Å²) in [6, 6.07) is 17.9. The Balaban J connectivity index is 1.47. The van der Waals surface area contributed by atoms with Gasteiger partial charge in [-0.3, -0.25) is 10.2 Å². The van der Waals surface area contributed by atoms with Crippen molar-refractivity contribution in [2.75, 3.05) is 0 Å². The number of amidine groups is 2. The van der Waals surface area contributed by atoms with Gasteiger partial charge in [0.05, 0.1) is 5.57 Å². The van der Waals surface area contributed by atoms with Crippen LogP contribution < -0.4 is 0 Å². The number of amides is 1. The number of hydrogen-bond acceptors (Lipinski definition) is 4. The summed E-state index contributed by atoms with van der Waals surface area (Å²) in [7, 11) is 0. The quantitative estimate of drug-likeness (QED) is 0.464. The van der Waals surface area contributed by atoms with Gasteiger partial charge >= 0.3 is 0 Å². The molecule has 0 saturated heterocycles. The molecule has 1 amide bonds. The molecule has 3 aromatic rings. The number of halogens is 1. The summed E-state index contributed by atoms with van der Waals surface area (Å²) >= 11 is 7.69. The molecule has 0 aliphatic carbocycles. The summed E-state index contributed by atoms with van der Waals surface area (Å²) in [6.45, 7) is 5.96. The zero-order chi connectivity index (χ0) is 24.0. The molecule has 0 fully saturated rings. The van der Waals surface area contributed by atoms with Crippen molar-refractivity contribution < 1.29 is 4.79 Å². The van der Waals surface area contributed by atoms with E-state index >= 15 is 0 Å². The molecule has 0 spiro atoms. The highest BCUT2D eigenvalue weighted by atomic mass is 35.5. The number of carbonyl (C=O) groups is 1. The molecule has 2 aromatic carbocycles. The molecule has 34 heavy (non-hydrogen) atoms. The lowest BCUT2D eigenvalue weighted by atomic mass is 10.1. The number of aryl methyl sites for hydroxylation is 2. The molecule has 1 aromatic heterocycles. The van der Waals surface area contributed by atoms with E-state index in [1.165, 1.54) is 16.8 Å². The van der Waals surface area contributed by atoms with Crippen molar-refractivity contribution >= 4 is 51.4 Å². The van der Waals surface area contributed by atoms with Gasteiger partial charge in [-0.25, -0.2) is 0 Å². The normalized spacial score (nSPS) is 16.7. The Hall–Kier alpha value is -3.42. The van der Waals surface area contributed by atoms with Crippen LogP contribution in [0.3, 0.4) is 0 Å². The molecule has 2 aliphatic heterocycles. The number of hydrazone groups is 1. The van der Waals surface area contributed by atoms with E-state index in [1.807, 2.05) is 75.4 Å². The molecule has 5 rings (SSSR count). The zero-order valence-electron chi connectivity index (χ0n) is 19.0. The second-order valence-corrected chi connectivity index (χ2v) is 9.72. The number of rotatable bonds is 4. The zero-order valence-corrected chi connectivity index (χ0v) is 20.5. The first-order valence-corrected chi connectivity index (χ1v) is 12.0. The third kappa shape index (κ3) is 4.02. The van der Waals surface area contributed by atoms with Crippen molar-refractivity contribution in [1.29, 1.82) is 5.41 Å². The topological polar surface area (TPSA) is 73.8 Å². The number of nitrogens with one attached hydrogen (secondary N) is 1. The highest BCUT2D eigenvalue weighted by Crippen LogP contribution is 2.31. The number of hydrogen-bond donors (Lipinski definition) is 1. The number of fused-ring (bicyclic) bond motifs is 1. The molecule has 0 unspecified atom stereocenters. The lowest BCUT2D eigenvalue weighted by molar-refractivity contribution is -0.114. The standard InChI is InChI=1S/C26H22ClN5OS/c1-15-9-10-20(14-22(15)27)31-16(2)11-19(17(31)3)13-21-24(28)32-26(29-25(21)33)34-23(30-32)12-18-7-5-4-6-8-18/h4-11,13-14,28H,12H2,1-3H3/b21-13-,28-24?. The van der Waals surface area contributed by atoms with E-state index in [9.17, 15) is 4.79 Å². The van der Waals surface area contributed by atoms with Crippen LogP contribution >= 0.6 is 23.4 Å². The Morgan fingerprint density at radius 2 is 1.85 bits per heavy atom. The summed E-state index contributed by atoms with van der Waals surface area (Å²) in [5.74, 6) is -0.392. The molecular formula is C26H22ClN5OS.